The number of nitrogen functional groups attached to an aromatic ring is 1. The average molecular weight is 308 g/mol. The molecule has 1 aliphatic rings. The number of carbonyl (C=O) groups is 1. The van der Waals surface area contributed by atoms with E-state index in [9.17, 15) is 10.1 Å². The van der Waals surface area contributed by atoms with Gasteiger partial charge in [0.1, 0.15) is 5.54 Å². The molecule has 0 aliphatic heterocycles. The van der Waals surface area contributed by atoms with Gasteiger partial charge in [-0.1, -0.05) is 37.4 Å². The van der Waals surface area contributed by atoms with Crippen LogP contribution in [0.25, 0.3) is 0 Å². The van der Waals surface area contributed by atoms with Crippen molar-refractivity contribution in [1.29, 1.82) is 5.26 Å². The van der Waals surface area contributed by atoms with Gasteiger partial charge in [-0.2, -0.15) is 5.26 Å². The van der Waals surface area contributed by atoms with Gasteiger partial charge in [0.25, 0.3) is 0 Å². The Morgan fingerprint density at radius 1 is 1.43 bits per heavy atom. The third-order valence-corrected chi connectivity index (χ3v) is 4.77. The summed E-state index contributed by atoms with van der Waals surface area (Å²) in [5.41, 5.74) is 4.89. The van der Waals surface area contributed by atoms with Gasteiger partial charge in [-0.15, -0.1) is 10.2 Å². The van der Waals surface area contributed by atoms with E-state index in [2.05, 4.69) is 21.6 Å². The van der Waals surface area contributed by atoms with Crippen molar-refractivity contribution in [3.8, 4) is 6.07 Å². The van der Waals surface area contributed by atoms with Gasteiger partial charge in [-0.25, -0.2) is 0 Å². The lowest BCUT2D eigenvalue weighted by Crippen LogP contribution is -2.47. The second-order valence-electron chi connectivity index (χ2n) is 5.34. The summed E-state index contributed by atoms with van der Waals surface area (Å²) in [6.07, 6.45) is 5.70. The van der Waals surface area contributed by atoms with E-state index in [1.54, 1.807) is 11.6 Å². The Morgan fingerprint density at radius 3 is 2.62 bits per heavy atom. The van der Waals surface area contributed by atoms with Crippen molar-refractivity contribution in [2.24, 2.45) is 7.05 Å². The minimum Gasteiger partial charge on any atom is -0.368 e. The van der Waals surface area contributed by atoms with Crippen LogP contribution in [-0.4, -0.2) is 32.0 Å². The molecule has 1 aromatic rings. The number of thioether (sulfide) groups is 1. The SMILES string of the molecule is Cn1c(N)nnc1SCC(=O)NC1(C#N)CCCCCC1. The van der Waals surface area contributed by atoms with Gasteiger partial charge >= 0.3 is 0 Å². The predicted molar refractivity (Wildman–Crippen MR) is 80.3 cm³/mol. The topological polar surface area (TPSA) is 110 Å². The molecule has 0 bridgehead atoms. The number of nitrogens with two attached hydrogens (primary N) is 1. The fourth-order valence-corrected chi connectivity index (χ4v) is 3.20. The van der Waals surface area contributed by atoms with Crippen molar-refractivity contribution in [1.82, 2.24) is 20.1 Å². The van der Waals surface area contributed by atoms with Crippen LogP contribution in [0.1, 0.15) is 38.5 Å². The summed E-state index contributed by atoms with van der Waals surface area (Å²) in [7, 11) is 1.75. The summed E-state index contributed by atoms with van der Waals surface area (Å²) in [5, 5.41) is 20.6. The maximum absolute atomic E-state index is 12.1. The minimum atomic E-state index is -0.701. The maximum atomic E-state index is 12.1. The summed E-state index contributed by atoms with van der Waals surface area (Å²) in [6, 6.07) is 2.31. The molecule has 1 fully saturated rings. The van der Waals surface area contributed by atoms with Crippen molar-refractivity contribution in [3.05, 3.63) is 0 Å². The lowest BCUT2D eigenvalue weighted by atomic mass is 9.92. The highest BCUT2D eigenvalue weighted by molar-refractivity contribution is 7.99. The second kappa shape index (κ2) is 6.80. The van der Waals surface area contributed by atoms with E-state index < -0.39 is 5.54 Å². The number of hydrogen-bond acceptors (Lipinski definition) is 6. The standard InChI is InChI=1S/C13H20N6OS/c1-19-11(15)17-18-12(19)21-8-10(20)16-13(9-14)6-4-2-3-5-7-13/h2-8H2,1H3,(H2,15,17)(H,16,20). The first-order valence-corrected chi connectivity index (χ1v) is 8.05. The van der Waals surface area contributed by atoms with Crippen LogP contribution < -0.4 is 11.1 Å². The Bertz CT molecular complexity index is 541. The molecule has 21 heavy (non-hydrogen) atoms. The fourth-order valence-electron chi connectivity index (χ4n) is 2.48. The van der Waals surface area contributed by atoms with Crippen molar-refractivity contribution in [3.63, 3.8) is 0 Å². The predicted octanol–water partition coefficient (Wildman–Crippen LogP) is 1.22. The molecule has 0 spiro atoms. The van der Waals surface area contributed by atoms with Crippen molar-refractivity contribution >= 4 is 23.6 Å². The lowest BCUT2D eigenvalue weighted by molar-refractivity contribution is -0.120. The van der Waals surface area contributed by atoms with E-state index in [-0.39, 0.29) is 11.7 Å². The van der Waals surface area contributed by atoms with Crippen LogP contribution in [0.2, 0.25) is 0 Å². The quantitative estimate of drug-likeness (QED) is 0.639. The Balaban J connectivity index is 1.91. The van der Waals surface area contributed by atoms with Gasteiger partial charge in [-0.3, -0.25) is 9.36 Å². The fraction of sp³-hybridized carbons (Fsp3) is 0.692. The molecular formula is C13H20N6OS. The van der Waals surface area contributed by atoms with Crippen LogP contribution in [0.15, 0.2) is 5.16 Å². The third-order valence-electron chi connectivity index (χ3n) is 3.75. The Morgan fingerprint density at radius 2 is 2.10 bits per heavy atom. The number of nitrogens with zero attached hydrogens (tertiary/aromatic N) is 4. The first-order valence-electron chi connectivity index (χ1n) is 7.06. The lowest BCUT2D eigenvalue weighted by Gasteiger charge is -2.26. The van der Waals surface area contributed by atoms with Crippen LogP contribution in [0.4, 0.5) is 5.95 Å². The number of anilines is 1. The van der Waals surface area contributed by atoms with Crippen LogP contribution in [0.5, 0.6) is 0 Å². The monoisotopic (exact) mass is 308 g/mol. The number of aromatic nitrogens is 3. The number of rotatable bonds is 4. The summed E-state index contributed by atoms with van der Waals surface area (Å²) in [4.78, 5) is 12.1. The summed E-state index contributed by atoms with van der Waals surface area (Å²) >= 11 is 1.27. The Hall–Kier alpha value is -1.75. The van der Waals surface area contributed by atoms with E-state index in [0.29, 0.717) is 11.1 Å². The largest absolute Gasteiger partial charge is 0.368 e. The molecule has 0 saturated heterocycles. The van der Waals surface area contributed by atoms with E-state index >= 15 is 0 Å². The van der Waals surface area contributed by atoms with Crippen LogP contribution >= 0.6 is 11.8 Å². The molecule has 2 rings (SSSR count). The van der Waals surface area contributed by atoms with Crippen LogP contribution in [-0.2, 0) is 11.8 Å². The smallest absolute Gasteiger partial charge is 0.231 e. The number of nitrogens with one attached hydrogen (secondary N) is 1. The number of hydrogen-bond donors (Lipinski definition) is 2. The molecule has 1 heterocycles. The van der Waals surface area contributed by atoms with E-state index in [4.69, 9.17) is 5.73 Å². The summed E-state index contributed by atoms with van der Waals surface area (Å²) in [5.74, 6) is 0.371. The van der Waals surface area contributed by atoms with E-state index in [0.717, 1.165) is 38.5 Å². The first kappa shape index (κ1) is 15.6. The van der Waals surface area contributed by atoms with Gasteiger partial charge in [0.05, 0.1) is 11.8 Å². The van der Waals surface area contributed by atoms with Gasteiger partial charge in [0, 0.05) is 7.05 Å². The molecule has 0 atom stereocenters. The zero-order valence-corrected chi connectivity index (χ0v) is 12.9. The highest BCUT2D eigenvalue weighted by Crippen LogP contribution is 2.27. The minimum absolute atomic E-state index is 0.148. The molecule has 1 aliphatic carbocycles. The van der Waals surface area contributed by atoms with Gasteiger partial charge in [0.15, 0.2) is 5.16 Å². The maximum Gasteiger partial charge on any atom is 0.231 e. The second-order valence-corrected chi connectivity index (χ2v) is 6.29. The summed E-state index contributed by atoms with van der Waals surface area (Å²) < 4.78 is 1.63. The van der Waals surface area contributed by atoms with Gasteiger partial charge in [-0.05, 0) is 12.8 Å². The number of amides is 1. The zero-order valence-electron chi connectivity index (χ0n) is 12.1. The van der Waals surface area contributed by atoms with Crippen molar-refractivity contribution in [2.45, 2.75) is 49.2 Å². The first-order chi connectivity index (χ1) is 10.1. The molecule has 1 aromatic heterocycles. The molecule has 1 amide bonds. The van der Waals surface area contributed by atoms with Gasteiger partial charge in [0.2, 0.25) is 11.9 Å². The third kappa shape index (κ3) is 3.88. The molecule has 7 nitrogen and oxygen atoms in total. The molecule has 3 N–H and O–H groups in total. The van der Waals surface area contributed by atoms with Crippen LogP contribution in [0, 0.1) is 11.3 Å². The molecule has 8 heteroatoms. The molecule has 0 radical (unpaired) electrons. The Labute approximate surface area is 128 Å². The summed E-state index contributed by atoms with van der Waals surface area (Å²) in [6.45, 7) is 0. The van der Waals surface area contributed by atoms with Gasteiger partial charge < -0.3 is 11.1 Å². The van der Waals surface area contributed by atoms with E-state index in [1.807, 2.05) is 0 Å². The van der Waals surface area contributed by atoms with Crippen molar-refractivity contribution < 1.29 is 4.79 Å². The Kier molecular flexibility index (Phi) is 5.07. The normalized spacial score (nSPS) is 17.7. The van der Waals surface area contributed by atoms with Crippen molar-refractivity contribution in [2.75, 3.05) is 11.5 Å². The van der Waals surface area contributed by atoms with E-state index in [1.165, 1.54) is 11.8 Å². The zero-order chi connectivity index (χ0) is 15.3. The molecule has 1 saturated carbocycles. The molecule has 0 unspecified atom stereocenters. The molecule has 114 valence electrons. The number of nitriles is 1. The van der Waals surface area contributed by atoms with Crippen LogP contribution in [0.3, 0.4) is 0 Å². The average Bonchev–Trinajstić information content (AvgIpc) is 2.69. The highest BCUT2D eigenvalue weighted by Gasteiger charge is 2.32. The highest BCUT2D eigenvalue weighted by atomic mass is 32.2. The molecular weight excluding hydrogens is 288 g/mol. The molecule has 0 aromatic carbocycles. The number of carbonyl (C=O) groups excluding carboxylic acids is 1.